The number of ether oxygens (including phenoxy) is 1. The predicted octanol–water partition coefficient (Wildman–Crippen LogP) is -3.80. The van der Waals surface area contributed by atoms with Gasteiger partial charge in [-0.3, -0.25) is 0 Å². The summed E-state index contributed by atoms with van der Waals surface area (Å²) in [6, 6.07) is 0. The van der Waals surface area contributed by atoms with Gasteiger partial charge in [-0.25, -0.2) is 0 Å². The zero-order valence-corrected chi connectivity index (χ0v) is 7.55. The second kappa shape index (κ2) is 6.59. The van der Waals surface area contributed by atoms with Crippen LogP contribution in [0.5, 0.6) is 0 Å². The van der Waals surface area contributed by atoms with Gasteiger partial charge in [-0.1, -0.05) is 0 Å². The molecule has 88 valence electrons. The minimum absolute atomic E-state index is 0.250. The van der Waals surface area contributed by atoms with Crippen molar-refractivity contribution in [3.63, 3.8) is 0 Å². The predicted molar refractivity (Wildman–Crippen MR) is 41.0 cm³/mol. The van der Waals surface area contributed by atoms with Gasteiger partial charge in [-0.2, -0.15) is 9.59 Å². The summed E-state index contributed by atoms with van der Waals surface area (Å²) >= 11 is 0. The lowest BCUT2D eigenvalue weighted by Gasteiger charge is -2.37. The van der Waals surface area contributed by atoms with Crippen LogP contribution in [0.4, 0.5) is 0 Å². The quantitative estimate of drug-likeness (QED) is 0.305. The van der Waals surface area contributed by atoms with Gasteiger partial charge in [0.25, 0.3) is 0 Å². The van der Waals surface area contributed by atoms with E-state index in [1.807, 2.05) is 0 Å². The van der Waals surface area contributed by atoms with Crippen LogP contribution in [0.1, 0.15) is 0 Å². The number of aliphatic hydroxyl groups excluding tert-OH is 5. The van der Waals surface area contributed by atoms with Gasteiger partial charge < -0.3 is 30.3 Å². The summed E-state index contributed by atoms with van der Waals surface area (Å²) < 4.78 is 4.58. The molecule has 0 saturated carbocycles. The number of aliphatic hydroxyl groups is 5. The van der Waals surface area contributed by atoms with E-state index in [1.165, 1.54) is 0 Å². The Bertz CT molecular complexity index is 208. The Kier molecular flexibility index (Phi) is 6.21. The van der Waals surface area contributed by atoms with E-state index in [0.717, 1.165) is 0 Å². The number of carbonyl (C=O) groups excluding carboxylic acids is 2. The summed E-state index contributed by atoms with van der Waals surface area (Å²) in [6.45, 7) is -0.526. The third-order valence-electron chi connectivity index (χ3n) is 1.87. The average Bonchev–Trinajstić information content (AvgIpc) is 2.21. The normalized spacial score (nSPS) is 39.9. The van der Waals surface area contributed by atoms with Gasteiger partial charge >= 0.3 is 6.15 Å². The maximum absolute atomic E-state index is 9.12. The van der Waals surface area contributed by atoms with Crippen molar-refractivity contribution >= 4 is 6.15 Å². The van der Waals surface area contributed by atoms with Crippen LogP contribution in [0.25, 0.3) is 0 Å². The van der Waals surface area contributed by atoms with Crippen molar-refractivity contribution in [2.75, 3.05) is 6.61 Å². The Morgan fingerprint density at radius 1 is 1.00 bits per heavy atom. The molecule has 0 aromatic carbocycles. The Labute approximate surface area is 84.3 Å². The van der Waals surface area contributed by atoms with Crippen LogP contribution in [0.3, 0.4) is 0 Å². The molecule has 1 saturated heterocycles. The highest BCUT2D eigenvalue weighted by molar-refractivity contribution is 5.20. The first-order valence-electron chi connectivity index (χ1n) is 3.97. The van der Waals surface area contributed by atoms with Crippen molar-refractivity contribution in [1.82, 2.24) is 0 Å². The van der Waals surface area contributed by atoms with E-state index < -0.39 is 37.3 Å². The fourth-order valence-corrected chi connectivity index (χ4v) is 1.08. The minimum atomic E-state index is -1.57. The summed E-state index contributed by atoms with van der Waals surface area (Å²) in [5.74, 6) is 0. The smallest absolute Gasteiger partial charge is 0.373 e. The van der Waals surface area contributed by atoms with E-state index in [4.69, 9.17) is 35.1 Å². The molecule has 0 aliphatic carbocycles. The molecule has 8 heteroatoms. The SMILES string of the molecule is O=C=O.OC[C@H]1O[C@H](O)[C@H](O)[C@@H](O)[C@@H]1O. The molecule has 0 aromatic heterocycles. The topological polar surface area (TPSA) is 145 Å². The van der Waals surface area contributed by atoms with Crippen molar-refractivity contribution in [3.05, 3.63) is 0 Å². The highest BCUT2D eigenvalue weighted by Crippen LogP contribution is 2.18. The van der Waals surface area contributed by atoms with Crippen LogP contribution >= 0.6 is 0 Å². The van der Waals surface area contributed by atoms with Gasteiger partial charge in [0.15, 0.2) is 6.29 Å². The summed E-state index contributed by atoms with van der Waals surface area (Å²) in [6.07, 6.45) is -6.79. The molecule has 1 aliphatic rings. The lowest BCUT2D eigenvalue weighted by molar-refractivity contribution is -0.286. The van der Waals surface area contributed by atoms with Crippen LogP contribution < -0.4 is 0 Å². The van der Waals surface area contributed by atoms with Crippen LogP contribution in [0, 0.1) is 0 Å². The molecule has 1 heterocycles. The van der Waals surface area contributed by atoms with Crippen molar-refractivity contribution in [2.45, 2.75) is 30.7 Å². The monoisotopic (exact) mass is 224 g/mol. The van der Waals surface area contributed by atoms with Crippen molar-refractivity contribution in [1.29, 1.82) is 0 Å². The summed E-state index contributed by atoms with van der Waals surface area (Å²) in [4.78, 5) is 16.2. The molecule has 5 atom stereocenters. The summed E-state index contributed by atoms with van der Waals surface area (Å²) in [7, 11) is 0. The first kappa shape index (κ1) is 14.1. The second-order valence-corrected chi connectivity index (χ2v) is 2.80. The lowest BCUT2D eigenvalue weighted by atomic mass is 10.00. The van der Waals surface area contributed by atoms with Crippen molar-refractivity contribution in [3.8, 4) is 0 Å². The lowest BCUT2D eigenvalue weighted by Crippen LogP contribution is -2.58. The highest BCUT2D eigenvalue weighted by atomic mass is 16.6. The maximum Gasteiger partial charge on any atom is 0.373 e. The standard InChI is InChI=1S/C6H12O6.CO2/c7-1-2-3(8)4(9)5(10)6(11)12-2;2-1-3/h2-11H,1H2;/t2-,3-,4+,5-,6+;/m1./s1. The molecule has 1 aliphatic heterocycles. The van der Waals surface area contributed by atoms with E-state index in [0.29, 0.717) is 0 Å². The highest BCUT2D eigenvalue weighted by Gasteiger charge is 2.42. The van der Waals surface area contributed by atoms with E-state index in [-0.39, 0.29) is 6.15 Å². The van der Waals surface area contributed by atoms with Gasteiger partial charge in [0.2, 0.25) is 0 Å². The molecule has 0 aromatic rings. The third kappa shape index (κ3) is 3.65. The average molecular weight is 224 g/mol. The minimum Gasteiger partial charge on any atom is -0.394 e. The molecule has 8 nitrogen and oxygen atoms in total. The summed E-state index contributed by atoms with van der Waals surface area (Å²) in [5.41, 5.74) is 0. The largest absolute Gasteiger partial charge is 0.394 e. The Morgan fingerprint density at radius 3 is 1.87 bits per heavy atom. The molecule has 5 N–H and O–H groups in total. The van der Waals surface area contributed by atoms with Crippen LogP contribution in [0.15, 0.2) is 0 Å². The molecular weight excluding hydrogens is 212 g/mol. The molecule has 0 amide bonds. The fraction of sp³-hybridized carbons (Fsp3) is 0.857. The van der Waals surface area contributed by atoms with Gasteiger partial charge in [0.1, 0.15) is 24.4 Å². The van der Waals surface area contributed by atoms with E-state index in [2.05, 4.69) is 4.74 Å². The first-order chi connectivity index (χ1) is 6.99. The van der Waals surface area contributed by atoms with E-state index in [1.54, 1.807) is 0 Å². The number of rotatable bonds is 1. The number of hydrogen-bond donors (Lipinski definition) is 5. The molecule has 0 spiro atoms. The Hall–Kier alpha value is -0.860. The fourth-order valence-electron chi connectivity index (χ4n) is 1.08. The Morgan fingerprint density at radius 2 is 1.47 bits per heavy atom. The zero-order valence-electron chi connectivity index (χ0n) is 7.55. The van der Waals surface area contributed by atoms with Crippen LogP contribution in [-0.2, 0) is 14.3 Å². The van der Waals surface area contributed by atoms with E-state index >= 15 is 0 Å². The van der Waals surface area contributed by atoms with Gasteiger partial charge in [0.05, 0.1) is 6.61 Å². The van der Waals surface area contributed by atoms with Crippen molar-refractivity contribution in [2.24, 2.45) is 0 Å². The zero-order chi connectivity index (χ0) is 12.0. The molecule has 0 bridgehead atoms. The van der Waals surface area contributed by atoms with Crippen LogP contribution in [-0.4, -0.2) is 69.0 Å². The molecule has 0 radical (unpaired) electrons. The molecule has 1 rings (SSSR count). The molecule has 0 unspecified atom stereocenters. The maximum atomic E-state index is 9.12. The van der Waals surface area contributed by atoms with Gasteiger partial charge in [-0.15, -0.1) is 0 Å². The Balaban J connectivity index is 0.000000583. The van der Waals surface area contributed by atoms with E-state index in [9.17, 15) is 0 Å². The first-order valence-corrected chi connectivity index (χ1v) is 3.97. The van der Waals surface area contributed by atoms with Crippen molar-refractivity contribution < 1.29 is 39.9 Å². The van der Waals surface area contributed by atoms with Gasteiger partial charge in [-0.05, 0) is 0 Å². The van der Waals surface area contributed by atoms with Gasteiger partial charge in [0, 0.05) is 0 Å². The molecular formula is C7H12O8. The summed E-state index contributed by atoms with van der Waals surface area (Å²) in [5, 5.41) is 44.7. The third-order valence-corrected chi connectivity index (χ3v) is 1.87. The second-order valence-electron chi connectivity index (χ2n) is 2.80. The number of hydrogen-bond acceptors (Lipinski definition) is 8. The van der Waals surface area contributed by atoms with Crippen LogP contribution in [0.2, 0.25) is 0 Å². The molecule has 15 heavy (non-hydrogen) atoms. The molecule has 1 fully saturated rings.